The minimum atomic E-state index is 0. The van der Waals surface area contributed by atoms with Gasteiger partial charge in [-0.25, -0.2) is 0 Å². The Labute approximate surface area is 151 Å². The first-order chi connectivity index (χ1) is 11.2. The monoisotopic (exact) mass is 352 g/mol. The van der Waals surface area contributed by atoms with Crippen molar-refractivity contribution in [3.63, 3.8) is 0 Å². The van der Waals surface area contributed by atoms with E-state index in [1.165, 1.54) is 32.1 Å². The highest BCUT2D eigenvalue weighted by molar-refractivity contribution is 5.94. The number of halogens is 1. The number of carbonyl (C=O) groups excluding carboxylic acids is 1. The second kappa shape index (κ2) is 9.28. The molecule has 1 saturated heterocycles. The van der Waals surface area contributed by atoms with E-state index in [4.69, 9.17) is 10.5 Å². The van der Waals surface area contributed by atoms with Gasteiger partial charge in [0.2, 0.25) is 0 Å². The van der Waals surface area contributed by atoms with Crippen LogP contribution >= 0.6 is 12.4 Å². The summed E-state index contributed by atoms with van der Waals surface area (Å²) < 4.78 is 5.90. The Hall–Kier alpha value is -1.26. The number of ether oxygens (including phenoxy) is 1. The van der Waals surface area contributed by atoms with Crippen LogP contribution in [0.15, 0.2) is 24.3 Å². The van der Waals surface area contributed by atoms with Crippen molar-refractivity contribution in [2.75, 3.05) is 19.7 Å². The van der Waals surface area contributed by atoms with Gasteiger partial charge in [0.25, 0.3) is 5.91 Å². The third-order valence-electron chi connectivity index (χ3n) is 5.06. The van der Waals surface area contributed by atoms with Crippen LogP contribution in [-0.2, 0) is 0 Å². The van der Waals surface area contributed by atoms with Gasteiger partial charge in [0.05, 0.1) is 6.61 Å². The largest absolute Gasteiger partial charge is 0.493 e. The van der Waals surface area contributed by atoms with Crippen molar-refractivity contribution < 1.29 is 9.53 Å². The minimum Gasteiger partial charge on any atom is -0.493 e. The Balaban J connectivity index is 0.00000208. The van der Waals surface area contributed by atoms with Crippen LogP contribution in [0.25, 0.3) is 0 Å². The Morgan fingerprint density at radius 2 is 1.79 bits per heavy atom. The van der Waals surface area contributed by atoms with Gasteiger partial charge < -0.3 is 15.4 Å². The van der Waals surface area contributed by atoms with Crippen molar-refractivity contribution in [2.24, 2.45) is 11.7 Å². The van der Waals surface area contributed by atoms with E-state index in [9.17, 15) is 4.79 Å². The van der Waals surface area contributed by atoms with Gasteiger partial charge in [0, 0.05) is 24.7 Å². The predicted molar refractivity (Wildman–Crippen MR) is 98.9 cm³/mol. The predicted octanol–water partition coefficient (Wildman–Crippen LogP) is 3.63. The maximum atomic E-state index is 12.5. The smallest absolute Gasteiger partial charge is 0.253 e. The fourth-order valence-electron chi connectivity index (χ4n) is 3.64. The van der Waals surface area contributed by atoms with Crippen molar-refractivity contribution in [3.05, 3.63) is 29.8 Å². The molecular formula is C19H29ClN2O2. The molecule has 1 aliphatic carbocycles. The van der Waals surface area contributed by atoms with Crippen molar-refractivity contribution in [1.29, 1.82) is 0 Å². The van der Waals surface area contributed by atoms with E-state index in [2.05, 4.69) is 0 Å². The summed E-state index contributed by atoms with van der Waals surface area (Å²) in [6.07, 6.45) is 8.61. The van der Waals surface area contributed by atoms with Crippen molar-refractivity contribution in [2.45, 2.75) is 51.0 Å². The number of benzene rings is 1. The maximum absolute atomic E-state index is 12.5. The second-order valence-corrected chi connectivity index (χ2v) is 6.99. The molecule has 2 fully saturated rings. The first-order valence-corrected chi connectivity index (χ1v) is 9.00. The molecule has 1 aliphatic heterocycles. The first-order valence-electron chi connectivity index (χ1n) is 9.00. The van der Waals surface area contributed by atoms with Crippen LogP contribution in [0.2, 0.25) is 0 Å². The number of rotatable bonds is 4. The molecule has 24 heavy (non-hydrogen) atoms. The van der Waals surface area contributed by atoms with Crippen molar-refractivity contribution in [1.82, 2.24) is 4.90 Å². The number of nitrogens with zero attached hydrogens (tertiary/aromatic N) is 1. The van der Waals surface area contributed by atoms with Gasteiger partial charge in [-0.1, -0.05) is 19.3 Å². The highest BCUT2D eigenvalue weighted by Gasteiger charge is 2.22. The number of hydrogen-bond acceptors (Lipinski definition) is 3. The van der Waals surface area contributed by atoms with E-state index in [0.717, 1.165) is 37.3 Å². The highest BCUT2D eigenvalue weighted by atomic mass is 35.5. The molecule has 1 atom stereocenters. The lowest BCUT2D eigenvalue weighted by Gasteiger charge is -2.30. The SMILES string of the molecule is Cl.NC1CCCN(C(=O)c2ccc(OCC3CCCCC3)cc2)C1. The Morgan fingerprint density at radius 3 is 2.46 bits per heavy atom. The van der Waals surface area contributed by atoms with Crippen LogP contribution in [0.5, 0.6) is 5.75 Å². The Morgan fingerprint density at radius 1 is 1.08 bits per heavy atom. The molecule has 3 rings (SSSR count). The summed E-state index contributed by atoms with van der Waals surface area (Å²) in [5.41, 5.74) is 6.69. The number of hydrogen-bond donors (Lipinski definition) is 1. The second-order valence-electron chi connectivity index (χ2n) is 6.99. The number of nitrogens with two attached hydrogens (primary N) is 1. The normalized spacial score (nSPS) is 21.9. The summed E-state index contributed by atoms with van der Waals surface area (Å²) in [6.45, 7) is 2.28. The van der Waals surface area contributed by atoms with Gasteiger partial charge >= 0.3 is 0 Å². The van der Waals surface area contributed by atoms with Crippen molar-refractivity contribution in [3.8, 4) is 5.75 Å². The van der Waals surface area contributed by atoms with Gasteiger partial charge in [0.1, 0.15) is 5.75 Å². The molecule has 1 unspecified atom stereocenters. The standard InChI is InChI=1S/C19H28N2O2.ClH/c20-17-7-4-12-21(13-17)19(22)16-8-10-18(11-9-16)23-14-15-5-2-1-3-6-15;/h8-11,15,17H,1-7,12-14,20H2;1H. The fraction of sp³-hybridized carbons (Fsp3) is 0.632. The minimum absolute atomic E-state index is 0. The van der Waals surface area contributed by atoms with Crippen LogP contribution in [-0.4, -0.2) is 36.5 Å². The summed E-state index contributed by atoms with van der Waals surface area (Å²) in [4.78, 5) is 14.4. The van der Waals surface area contributed by atoms with Gasteiger partial charge in [-0.3, -0.25) is 4.79 Å². The quantitative estimate of drug-likeness (QED) is 0.900. The molecule has 4 nitrogen and oxygen atoms in total. The van der Waals surface area contributed by atoms with E-state index < -0.39 is 0 Å². The number of amides is 1. The number of likely N-dealkylation sites (tertiary alicyclic amines) is 1. The summed E-state index contributed by atoms with van der Waals surface area (Å²) in [5.74, 6) is 1.64. The molecule has 1 aromatic rings. The van der Waals surface area contributed by atoms with E-state index in [-0.39, 0.29) is 24.4 Å². The molecule has 0 spiro atoms. The third kappa shape index (κ3) is 5.12. The molecule has 134 valence electrons. The molecular weight excluding hydrogens is 324 g/mol. The summed E-state index contributed by atoms with van der Waals surface area (Å²) in [5, 5.41) is 0. The highest BCUT2D eigenvalue weighted by Crippen LogP contribution is 2.25. The van der Waals surface area contributed by atoms with E-state index in [0.29, 0.717) is 12.5 Å². The molecule has 0 bridgehead atoms. The van der Waals surface area contributed by atoms with Gasteiger partial charge in [-0.15, -0.1) is 12.4 Å². The Bertz CT molecular complexity index is 515. The zero-order valence-corrected chi connectivity index (χ0v) is 15.1. The van der Waals surface area contributed by atoms with E-state index in [1.807, 2.05) is 29.2 Å². The average Bonchev–Trinajstić information content (AvgIpc) is 2.61. The van der Waals surface area contributed by atoms with Crippen LogP contribution in [0.4, 0.5) is 0 Å². The zero-order valence-electron chi connectivity index (χ0n) is 14.3. The number of carbonyl (C=O) groups is 1. The average molecular weight is 353 g/mol. The lowest BCUT2D eigenvalue weighted by Crippen LogP contribution is -2.45. The van der Waals surface area contributed by atoms with Gasteiger partial charge in [0.15, 0.2) is 0 Å². The van der Waals surface area contributed by atoms with Crippen LogP contribution < -0.4 is 10.5 Å². The maximum Gasteiger partial charge on any atom is 0.253 e. The Kier molecular flexibility index (Phi) is 7.38. The molecule has 2 aliphatic rings. The molecule has 1 amide bonds. The third-order valence-corrected chi connectivity index (χ3v) is 5.06. The van der Waals surface area contributed by atoms with E-state index in [1.54, 1.807) is 0 Å². The molecule has 5 heteroatoms. The zero-order chi connectivity index (χ0) is 16.1. The molecule has 1 heterocycles. The van der Waals surface area contributed by atoms with Gasteiger partial charge in [-0.2, -0.15) is 0 Å². The summed E-state index contributed by atoms with van der Waals surface area (Å²) in [7, 11) is 0. The first kappa shape index (κ1) is 19.1. The molecule has 0 radical (unpaired) electrons. The summed E-state index contributed by atoms with van der Waals surface area (Å²) in [6, 6.07) is 7.70. The molecule has 0 aromatic heterocycles. The molecule has 2 N–H and O–H groups in total. The number of piperidine rings is 1. The summed E-state index contributed by atoms with van der Waals surface area (Å²) >= 11 is 0. The lowest BCUT2D eigenvalue weighted by atomic mass is 9.90. The van der Waals surface area contributed by atoms with Crippen molar-refractivity contribution >= 4 is 18.3 Å². The van der Waals surface area contributed by atoms with Crippen LogP contribution in [0, 0.1) is 5.92 Å². The van der Waals surface area contributed by atoms with E-state index >= 15 is 0 Å². The van der Waals surface area contributed by atoms with Gasteiger partial charge in [-0.05, 0) is 55.9 Å². The van der Waals surface area contributed by atoms with Crippen LogP contribution in [0.3, 0.4) is 0 Å². The lowest BCUT2D eigenvalue weighted by molar-refractivity contribution is 0.0709. The molecule has 1 aromatic carbocycles. The fourth-order valence-corrected chi connectivity index (χ4v) is 3.64. The van der Waals surface area contributed by atoms with Crippen LogP contribution in [0.1, 0.15) is 55.3 Å². The molecule has 1 saturated carbocycles. The topological polar surface area (TPSA) is 55.6 Å².